The van der Waals surface area contributed by atoms with Crippen molar-refractivity contribution in [3.05, 3.63) is 59.1 Å². The Morgan fingerprint density at radius 2 is 2.05 bits per heavy atom. The maximum absolute atomic E-state index is 13.7. The summed E-state index contributed by atoms with van der Waals surface area (Å²) in [5.41, 5.74) is 2.00. The second-order valence-corrected chi connectivity index (χ2v) is 6.77. The Bertz CT molecular complexity index is 742. The summed E-state index contributed by atoms with van der Waals surface area (Å²) in [4.78, 5) is 8.14. The topological polar surface area (TPSA) is 20.5 Å². The Morgan fingerprint density at radius 1 is 1.23 bits per heavy atom. The molecule has 3 heterocycles. The number of halogens is 1. The SMILES string of the molecule is Fc1ccccc1CN1CCC(c2cn3ccsc3n2)CC1. The van der Waals surface area contributed by atoms with E-state index in [9.17, 15) is 4.39 Å². The van der Waals surface area contributed by atoms with Gasteiger partial charge in [0.15, 0.2) is 4.96 Å². The van der Waals surface area contributed by atoms with Crippen LogP contribution in [0.5, 0.6) is 0 Å². The largest absolute Gasteiger partial charge is 0.299 e. The fourth-order valence-corrected chi connectivity index (χ4v) is 3.90. The number of likely N-dealkylation sites (tertiary alicyclic amines) is 1. The van der Waals surface area contributed by atoms with Crippen molar-refractivity contribution in [2.75, 3.05) is 13.1 Å². The first-order valence-corrected chi connectivity index (χ1v) is 8.55. The van der Waals surface area contributed by atoms with Crippen LogP contribution in [0.4, 0.5) is 4.39 Å². The Balaban J connectivity index is 1.40. The average Bonchev–Trinajstić information content (AvgIpc) is 3.12. The van der Waals surface area contributed by atoms with Crippen LogP contribution in [0.15, 0.2) is 42.0 Å². The first kappa shape index (κ1) is 13.9. The number of imidazole rings is 1. The van der Waals surface area contributed by atoms with Gasteiger partial charge in [0.05, 0.1) is 5.69 Å². The lowest BCUT2D eigenvalue weighted by molar-refractivity contribution is 0.201. The Kier molecular flexibility index (Phi) is 3.68. The normalized spacial score (nSPS) is 17.3. The van der Waals surface area contributed by atoms with Gasteiger partial charge >= 0.3 is 0 Å². The molecule has 0 atom stereocenters. The molecule has 3 aromatic rings. The summed E-state index contributed by atoms with van der Waals surface area (Å²) in [6, 6.07) is 7.07. The molecule has 114 valence electrons. The van der Waals surface area contributed by atoms with Gasteiger partial charge in [-0.3, -0.25) is 9.30 Å². The van der Waals surface area contributed by atoms with Crippen molar-refractivity contribution in [1.29, 1.82) is 0 Å². The van der Waals surface area contributed by atoms with E-state index in [1.165, 1.54) is 5.69 Å². The smallest absolute Gasteiger partial charge is 0.193 e. The third kappa shape index (κ3) is 2.66. The van der Waals surface area contributed by atoms with E-state index in [1.54, 1.807) is 23.5 Å². The van der Waals surface area contributed by atoms with Crippen molar-refractivity contribution >= 4 is 16.3 Å². The maximum atomic E-state index is 13.7. The highest BCUT2D eigenvalue weighted by Gasteiger charge is 2.23. The van der Waals surface area contributed by atoms with Gasteiger partial charge in [-0.2, -0.15) is 0 Å². The minimum absolute atomic E-state index is 0.0982. The van der Waals surface area contributed by atoms with Crippen LogP contribution >= 0.6 is 11.3 Å². The van der Waals surface area contributed by atoms with Gasteiger partial charge in [-0.1, -0.05) is 18.2 Å². The highest BCUT2D eigenvalue weighted by Crippen LogP contribution is 2.29. The molecule has 0 aliphatic carbocycles. The zero-order valence-corrected chi connectivity index (χ0v) is 13.1. The molecule has 5 heteroatoms. The van der Waals surface area contributed by atoms with Crippen LogP contribution in [0.3, 0.4) is 0 Å². The summed E-state index contributed by atoms with van der Waals surface area (Å²) < 4.78 is 15.8. The number of benzene rings is 1. The van der Waals surface area contributed by atoms with Gasteiger partial charge in [0.2, 0.25) is 0 Å². The van der Waals surface area contributed by atoms with Crippen molar-refractivity contribution in [2.45, 2.75) is 25.3 Å². The first-order chi connectivity index (χ1) is 10.8. The van der Waals surface area contributed by atoms with Crippen LogP contribution in [0.25, 0.3) is 4.96 Å². The van der Waals surface area contributed by atoms with E-state index >= 15 is 0 Å². The average molecular weight is 315 g/mol. The molecule has 0 saturated carbocycles. The number of hydrogen-bond donors (Lipinski definition) is 0. The van der Waals surface area contributed by atoms with Gasteiger partial charge < -0.3 is 0 Å². The fourth-order valence-electron chi connectivity index (χ4n) is 3.20. The zero-order chi connectivity index (χ0) is 14.9. The van der Waals surface area contributed by atoms with Gasteiger partial charge in [0.1, 0.15) is 5.82 Å². The van der Waals surface area contributed by atoms with Crippen LogP contribution < -0.4 is 0 Å². The molecule has 3 nitrogen and oxygen atoms in total. The molecule has 4 rings (SSSR count). The Hall–Kier alpha value is -1.72. The van der Waals surface area contributed by atoms with Crippen molar-refractivity contribution in [1.82, 2.24) is 14.3 Å². The molecule has 0 unspecified atom stereocenters. The van der Waals surface area contributed by atoms with E-state index < -0.39 is 0 Å². The lowest BCUT2D eigenvalue weighted by Crippen LogP contribution is -2.32. The quantitative estimate of drug-likeness (QED) is 0.730. The number of fused-ring (bicyclic) bond motifs is 1. The molecular formula is C17H18FN3S. The van der Waals surface area contributed by atoms with Crippen LogP contribution in [0, 0.1) is 5.82 Å². The second kappa shape index (κ2) is 5.82. The molecule has 0 radical (unpaired) electrons. The molecule has 1 saturated heterocycles. The molecule has 22 heavy (non-hydrogen) atoms. The number of piperidine rings is 1. The molecule has 2 aromatic heterocycles. The molecule has 1 aromatic carbocycles. The minimum atomic E-state index is -0.0982. The molecule has 1 aliphatic heterocycles. The monoisotopic (exact) mass is 315 g/mol. The van der Waals surface area contributed by atoms with Gasteiger partial charge in [-0.05, 0) is 32.0 Å². The molecular weight excluding hydrogens is 297 g/mol. The standard InChI is InChI=1S/C17H18FN3S/c18-15-4-2-1-3-14(15)11-20-7-5-13(6-8-20)16-12-21-9-10-22-17(21)19-16/h1-4,9-10,12-13H,5-8,11H2. The fraction of sp³-hybridized carbons (Fsp3) is 0.353. The van der Waals surface area contributed by atoms with Crippen LogP contribution in [-0.2, 0) is 6.54 Å². The predicted octanol–water partition coefficient (Wildman–Crippen LogP) is 3.91. The number of rotatable bonds is 3. The first-order valence-electron chi connectivity index (χ1n) is 7.67. The molecule has 0 spiro atoms. The maximum Gasteiger partial charge on any atom is 0.193 e. The zero-order valence-electron chi connectivity index (χ0n) is 12.3. The van der Waals surface area contributed by atoms with Gasteiger partial charge in [-0.25, -0.2) is 9.37 Å². The summed E-state index contributed by atoms with van der Waals surface area (Å²) in [6.07, 6.45) is 6.41. The van der Waals surface area contributed by atoms with E-state index in [2.05, 4.69) is 27.1 Å². The van der Waals surface area contributed by atoms with Crippen LogP contribution in [0.1, 0.15) is 30.0 Å². The molecule has 1 aliphatic rings. The summed E-state index contributed by atoms with van der Waals surface area (Å²) in [6.45, 7) is 2.71. The third-order valence-corrected chi connectivity index (χ3v) is 5.24. The second-order valence-electron chi connectivity index (χ2n) is 5.90. The number of nitrogens with zero attached hydrogens (tertiary/aromatic N) is 3. The van der Waals surface area contributed by atoms with Crippen molar-refractivity contribution in [3.8, 4) is 0 Å². The summed E-state index contributed by atoms with van der Waals surface area (Å²) in [5, 5.41) is 2.06. The summed E-state index contributed by atoms with van der Waals surface area (Å²) in [7, 11) is 0. The Labute approximate surface area is 133 Å². The van der Waals surface area contributed by atoms with Gasteiger partial charge in [0, 0.05) is 35.8 Å². The van der Waals surface area contributed by atoms with E-state index in [-0.39, 0.29) is 5.82 Å². The van der Waals surface area contributed by atoms with E-state index in [1.807, 2.05) is 12.1 Å². The molecule has 0 amide bonds. The predicted molar refractivity (Wildman–Crippen MR) is 86.7 cm³/mol. The van der Waals surface area contributed by atoms with Crippen molar-refractivity contribution < 1.29 is 4.39 Å². The van der Waals surface area contributed by atoms with E-state index in [0.717, 1.165) is 36.5 Å². The highest BCUT2D eigenvalue weighted by atomic mass is 32.1. The molecule has 1 fully saturated rings. The summed E-state index contributed by atoms with van der Waals surface area (Å²) >= 11 is 1.68. The van der Waals surface area contributed by atoms with Crippen molar-refractivity contribution in [3.63, 3.8) is 0 Å². The van der Waals surface area contributed by atoms with Crippen LogP contribution in [-0.4, -0.2) is 27.4 Å². The molecule has 0 N–H and O–H groups in total. The van der Waals surface area contributed by atoms with Gasteiger partial charge in [0.25, 0.3) is 0 Å². The Morgan fingerprint density at radius 3 is 2.82 bits per heavy atom. The lowest BCUT2D eigenvalue weighted by atomic mass is 9.94. The van der Waals surface area contributed by atoms with E-state index in [0.29, 0.717) is 12.5 Å². The van der Waals surface area contributed by atoms with Crippen molar-refractivity contribution in [2.24, 2.45) is 0 Å². The number of thiazole rings is 1. The molecule has 0 bridgehead atoms. The third-order valence-electron chi connectivity index (χ3n) is 4.47. The van der Waals surface area contributed by atoms with E-state index in [4.69, 9.17) is 4.98 Å². The van der Waals surface area contributed by atoms with Gasteiger partial charge in [-0.15, -0.1) is 11.3 Å². The minimum Gasteiger partial charge on any atom is -0.299 e. The highest BCUT2D eigenvalue weighted by molar-refractivity contribution is 7.15. The van der Waals surface area contributed by atoms with Crippen LogP contribution in [0.2, 0.25) is 0 Å². The number of aromatic nitrogens is 2. The lowest BCUT2D eigenvalue weighted by Gasteiger charge is -2.31. The summed E-state index contributed by atoms with van der Waals surface area (Å²) in [5.74, 6) is 0.433. The number of hydrogen-bond acceptors (Lipinski definition) is 3.